The molecule has 0 spiro atoms. The molecule has 0 saturated carbocycles. The van der Waals surface area contributed by atoms with E-state index >= 15 is 0 Å². The third-order valence-electron chi connectivity index (χ3n) is 3.00. The lowest BCUT2D eigenvalue weighted by molar-refractivity contribution is 0.418. The maximum Gasteiger partial charge on any atom is 0.259 e. The van der Waals surface area contributed by atoms with E-state index in [1.54, 1.807) is 0 Å². The van der Waals surface area contributed by atoms with E-state index < -0.39 is 0 Å². The number of aryl methyl sites for hydroxylation is 2. The number of hydrogen-bond donors (Lipinski definition) is 1. The van der Waals surface area contributed by atoms with Gasteiger partial charge >= 0.3 is 0 Å². The molecule has 0 radical (unpaired) electrons. The summed E-state index contributed by atoms with van der Waals surface area (Å²) < 4.78 is 5.31. The van der Waals surface area contributed by atoms with Crippen molar-refractivity contribution in [1.29, 1.82) is 0 Å². The largest absolute Gasteiger partial charge is 0.334 e. The minimum absolute atomic E-state index is 0.0633. The van der Waals surface area contributed by atoms with Gasteiger partial charge in [0.05, 0.1) is 17.0 Å². The Hall–Kier alpha value is -1.82. The van der Waals surface area contributed by atoms with Gasteiger partial charge in [0, 0.05) is 12.5 Å². The van der Waals surface area contributed by atoms with Crippen molar-refractivity contribution in [3.63, 3.8) is 0 Å². The van der Waals surface area contributed by atoms with Crippen molar-refractivity contribution in [3.05, 3.63) is 23.3 Å². The molecule has 1 unspecified atom stereocenters. The van der Waals surface area contributed by atoms with Crippen molar-refractivity contribution in [2.75, 3.05) is 0 Å². The third-order valence-corrected chi connectivity index (χ3v) is 3.00. The predicted octanol–water partition coefficient (Wildman–Crippen LogP) is 1.68. The van der Waals surface area contributed by atoms with E-state index in [2.05, 4.69) is 20.3 Å². The molecule has 0 aromatic carbocycles. The first-order valence-electron chi connectivity index (χ1n) is 6.55. The fourth-order valence-electron chi connectivity index (χ4n) is 1.79. The zero-order chi connectivity index (χ0) is 13.8. The van der Waals surface area contributed by atoms with Gasteiger partial charge in [-0.15, -0.1) is 0 Å². The van der Waals surface area contributed by atoms with Crippen LogP contribution in [0, 0.1) is 6.92 Å². The molecule has 0 aliphatic rings. The second kappa shape index (κ2) is 5.88. The molecule has 0 fully saturated rings. The zero-order valence-electron chi connectivity index (χ0n) is 11.6. The summed E-state index contributed by atoms with van der Waals surface area (Å²) in [6, 6.07) is 1.98. The topological polar surface area (TPSA) is 90.7 Å². The Morgan fingerprint density at radius 2 is 2.11 bits per heavy atom. The average Bonchev–Trinajstić information content (AvgIpc) is 2.86. The first kappa shape index (κ1) is 13.6. The average molecular weight is 261 g/mol. The molecule has 102 valence electrons. The lowest BCUT2D eigenvalue weighted by Crippen LogP contribution is -2.21. The summed E-state index contributed by atoms with van der Waals surface area (Å²) in [6.45, 7) is 5.95. The van der Waals surface area contributed by atoms with E-state index in [1.807, 2.05) is 26.8 Å². The molecular weight excluding hydrogens is 242 g/mol. The first-order valence-corrected chi connectivity index (χ1v) is 6.55. The maximum absolute atomic E-state index is 5.89. The van der Waals surface area contributed by atoms with Gasteiger partial charge in [-0.1, -0.05) is 19.0 Å². The molecule has 0 amide bonds. The molecule has 2 N–H and O–H groups in total. The van der Waals surface area contributed by atoms with E-state index in [9.17, 15) is 0 Å². The van der Waals surface area contributed by atoms with Gasteiger partial charge < -0.3 is 10.3 Å². The van der Waals surface area contributed by atoms with Gasteiger partial charge in [-0.3, -0.25) is 0 Å². The Morgan fingerprint density at radius 1 is 1.32 bits per heavy atom. The molecule has 2 aromatic rings. The number of nitrogens with two attached hydrogens (primary N) is 1. The second-order valence-electron chi connectivity index (χ2n) is 4.59. The number of rotatable bonds is 5. The fourth-order valence-corrected chi connectivity index (χ4v) is 1.79. The van der Waals surface area contributed by atoms with Crippen molar-refractivity contribution >= 4 is 0 Å². The summed E-state index contributed by atoms with van der Waals surface area (Å²) in [6.07, 6.45) is 2.29. The highest BCUT2D eigenvalue weighted by Crippen LogP contribution is 2.21. The van der Waals surface area contributed by atoms with Crippen LogP contribution in [0.1, 0.15) is 37.5 Å². The number of aromatic nitrogens is 4. The molecule has 2 heterocycles. The lowest BCUT2D eigenvalue weighted by Gasteiger charge is -2.03. The summed E-state index contributed by atoms with van der Waals surface area (Å²) in [7, 11) is 0. The summed E-state index contributed by atoms with van der Waals surface area (Å²) >= 11 is 0. The number of nitrogens with zero attached hydrogens (tertiary/aromatic N) is 4. The first-order chi connectivity index (χ1) is 9.13. The van der Waals surface area contributed by atoms with Crippen molar-refractivity contribution in [3.8, 4) is 11.5 Å². The van der Waals surface area contributed by atoms with Gasteiger partial charge in [0.25, 0.3) is 5.89 Å². The van der Waals surface area contributed by atoms with Crippen molar-refractivity contribution in [2.24, 2.45) is 5.73 Å². The fraction of sp³-hybridized carbons (Fsp3) is 0.538. The smallest absolute Gasteiger partial charge is 0.259 e. The second-order valence-corrected chi connectivity index (χ2v) is 4.59. The van der Waals surface area contributed by atoms with Gasteiger partial charge in [0.2, 0.25) is 0 Å². The Bertz CT molecular complexity index is 552. The molecule has 19 heavy (non-hydrogen) atoms. The molecule has 0 aliphatic heterocycles. The SMILES string of the molecule is CCc1nnc(C)cc1-c1nc(CC(N)CC)no1. The monoisotopic (exact) mass is 261 g/mol. The van der Waals surface area contributed by atoms with E-state index in [0.29, 0.717) is 18.1 Å². The predicted molar refractivity (Wildman–Crippen MR) is 71.4 cm³/mol. The molecule has 2 aromatic heterocycles. The van der Waals surface area contributed by atoms with Crippen LogP contribution in [0.3, 0.4) is 0 Å². The zero-order valence-corrected chi connectivity index (χ0v) is 11.6. The minimum Gasteiger partial charge on any atom is -0.334 e. The van der Waals surface area contributed by atoms with Crippen LogP contribution in [-0.4, -0.2) is 26.4 Å². The van der Waals surface area contributed by atoms with Crippen LogP contribution in [0.25, 0.3) is 11.5 Å². The van der Waals surface area contributed by atoms with Crippen molar-refractivity contribution < 1.29 is 4.52 Å². The molecule has 2 rings (SSSR count). The molecule has 6 nitrogen and oxygen atoms in total. The van der Waals surface area contributed by atoms with Crippen LogP contribution in [0.5, 0.6) is 0 Å². The van der Waals surface area contributed by atoms with Crippen LogP contribution in [0.4, 0.5) is 0 Å². The Kier molecular flexibility index (Phi) is 4.21. The van der Waals surface area contributed by atoms with Gasteiger partial charge in [-0.25, -0.2) is 0 Å². The molecule has 0 bridgehead atoms. The highest BCUT2D eigenvalue weighted by atomic mass is 16.5. The van der Waals surface area contributed by atoms with Crippen molar-refractivity contribution in [2.45, 2.75) is 46.1 Å². The Labute approximate surface area is 112 Å². The highest BCUT2D eigenvalue weighted by Gasteiger charge is 2.15. The van der Waals surface area contributed by atoms with Crippen molar-refractivity contribution in [1.82, 2.24) is 20.3 Å². The van der Waals surface area contributed by atoms with E-state index in [-0.39, 0.29) is 6.04 Å². The molecular formula is C13H19N5O. The van der Waals surface area contributed by atoms with Crippen LogP contribution < -0.4 is 5.73 Å². The van der Waals surface area contributed by atoms with E-state index in [4.69, 9.17) is 10.3 Å². The Morgan fingerprint density at radius 3 is 2.79 bits per heavy atom. The molecule has 6 heteroatoms. The lowest BCUT2D eigenvalue weighted by atomic mass is 10.1. The molecule has 0 saturated heterocycles. The maximum atomic E-state index is 5.89. The van der Waals surface area contributed by atoms with Crippen LogP contribution in [-0.2, 0) is 12.8 Å². The molecule has 1 atom stereocenters. The highest BCUT2D eigenvalue weighted by molar-refractivity contribution is 5.56. The quantitative estimate of drug-likeness (QED) is 0.880. The van der Waals surface area contributed by atoms with E-state index in [0.717, 1.165) is 29.8 Å². The number of hydrogen-bond acceptors (Lipinski definition) is 6. The van der Waals surface area contributed by atoms with Gasteiger partial charge in [-0.2, -0.15) is 15.2 Å². The summed E-state index contributed by atoms with van der Waals surface area (Å²) in [5.74, 6) is 1.13. The summed E-state index contributed by atoms with van der Waals surface area (Å²) in [5, 5.41) is 12.2. The normalized spacial score (nSPS) is 12.6. The summed E-state index contributed by atoms with van der Waals surface area (Å²) in [4.78, 5) is 4.39. The summed E-state index contributed by atoms with van der Waals surface area (Å²) in [5.41, 5.74) is 8.44. The third kappa shape index (κ3) is 3.14. The van der Waals surface area contributed by atoms with Crippen LogP contribution >= 0.6 is 0 Å². The minimum atomic E-state index is 0.0633. The van der Waals surface area contributed by atoms with E-state index in [1.165, 1.54) is 0 Å². The van der Waals surface area contributed by atoms with Crippen LogP contribution in [0.15, 0.2) is 10.6 Å². The van der Waals surface area contributed by atoms with Gasteiger partial charge in [0.15, 0.2) is 5.82 Å². The van der Waals surface area contributed by atoms with Gasteiger partial charge in [0.1, 0.15) is 0 Å². The van der Waals surface area contributed by atoms with Gasteiger partial charge in [-0.05, 0) is 25.8 Å². The Balaban J connectivity index is 2.29. The molecule has 0 aliphatic carbocycles. The van der Waals surface area contributed by atoms with Crippen LogP contribution in [0.2, 0.25) is 0 Å². The standard InChI is InChI=1S/C13H19N5O/c1-4-9(14)7-12-15-13(19-18-12)10-6-8(3)16-17-11(10)5-2/h6,9H,4-5,7,14H2,1-3H3.